The molecule has 0 aliphatic rings. The highest BCUT2D eigenvalue weighted by Crippen LogP contribution is 2.36. The zero-order valence-electron chi connectivity index (χ0n) is 17.7. The summed E-state index contributed by atoms with van der Waals surface area (Å²) in [6.45, 7) is 6.42. The van der Waals surface area contributed by atoms with Crippen LogP contribution in [-0.2, 0) is 0 Å². The quantitative estimate of drug-likeness (QED) is 0.329. The zero-order chi connectivity index (χ0) is 20.9. The Morgan fingerprint density at radius 2 is 1.07 bits per heavy atom. The van der Waals surface area contributed by atoms with Gasteiger partial charge in [0.05, 0.1) is 0 Å². The Labute approximate surface area is 179 Å². The van der Waals surface area contributed by atoms with Gasteiger partial charge in [-0.15, -0.1) is 0 Å². The van der Waals surface area contributed by atoms with Crippen molar-refractivity contribution < 1.29 is 0 Å². The summed E-state index contributed by atoms with van der Waals surface area (Å²) >= 11 is 0. The first kappa shape index (κ1) is 19.6. The summed E-state index contributed by atoms with van der Waals surface area (Å²) in [6, 6.07) is 33.8. The molecule has 0 saturated carbocycles. The van der Waals surface area contributed by atoms with E-state index in [0.717, 1.165) is 22.5 Å². The van der Waals surface area contributed by atoms with Crippen LogP contribution in [0, 0.1) is 32.6 Å². The van der Waals surface area contributed by atoms with Crippen LogP contribution < -0.4 is 4.90 Å². The summed E-state index contributed by atoms with van der Waals surface area (Å²) in [6.07, 6.45) is 0. The lowest BCUT2D eigenvalue weighted by atomic mass is 10.1. The third-order valence-electron chi connectivity index (χ3n) is 5.14. The molecule has 0 N–H and O–H groups in total. The van der Waals surface area contributed by atoms with E-state index in [9.17, 15) is 0 Å². The van der Waals surface area contributed by atoms with Crippen LogP contribution in [0.2, 0.25) is 0 Å². The fourth-order valence-corrected chi connectivity index (χ4v) is 3.54. The van der Waals surface area contributed by atoms with Crippen molar-refractivity contribution in [2.45, 2.75) is 20.8 Å². The molecule has 0 unspecified atom stereocenters. The molecule has 4 aromatic rings. The molecule has 0 aromatic heterocycles. The molecule has 4 aromatic carbocycles. The highest BCUT2D eigenvalue weighted by Gasteiger charge is 2.14. The van der Waals surface area contributed by atoms with Crippen molar-refractivity contribution in [1.82, 2.24) is 0 Å². The number of benzene rings is 4. The van der Waals surface area contributed by atoms with Crippen molar-refractivity contribution in [1.29, 1.82) is 0 Å². The van der Waals surface area contributed by atoms with Crippen LogP contribution in [0.5, 0.6) is 0 Å². The maximum absolute atomic E-state index is 3.26. The molecule has 0 radical (unpaired) electrons. The topological polar surface area (TPSA) is 3.24 Å². The molecular formula is C29H25N. The number of anilines is 3. The molecule has 0 amide bonds. The van der Waals surface area contributed by atoms with Gasteiger partial charge in [-0.2, -0.15) is 0 Å². The van der Waals surface area contributed by atoms with Crippen molar-refractivity contribution in [2.75, 3.05) is 4.90 Å². The monoisotopic (exact) mass is 387 g/mol. The summed E-state index contributed by atoms with van der Waals surface area (Å²) in [5, 5.41) is 0. The average molecular weight is 388 g/mol. The average Bonchev–Trinajstić information content (AvgIpc) is 2.77. The van der Waals surface area contributed by atoms with Crippen molar-refractivity contribution >= 4 is 17.1 Å². The summed E-state index contributed by atoms with van der Waals surface area (Å²) in [5.41, 5.74) is 9.27. The van der Waals surface area contributed by atoms with E-state index in [2.05, 4.69) is 104 Å². The van der Waals surface area contributed by atoms with Crippen molar-refractivity contribution in [3.63, 3.8) is 0 Å². The summed E-state index contributed by atoms with van der Waals surface area (Å²) < 4.78 is 0. The van der Waals surface area contributed by atoms with Gasteiger partial charge in [0.1, 0.15) is 0 Å². The Hall–Kier alpha value is -3.76. The minimum Gasteiger partial charge on any atom is -0.310 e. The van der Waals surface area contributed by atoms with Crippen LogP contribution in [-0.4, -0.2) is 0 Å². The Bertz CT molecular complexity index is 1190. The van der Waals surface area contributed by atoms with Crippen molar-refractivity contribution in [3.05, 3.63) is 125 Å². The molecule has 0 heterocycles. The fourth-order valence-electron chi connectivity index (χ4n) is 3.54. The molecule has 4 rings (SSSR count). The molecule has 0 atom stereocenters. The van der Waals surface area contributed by atoms with E-state index in [-0.39, 0.29) is 0 Å². The third kappa shape index (κ3) is 4.45. The molecule has 146 valence electrons. The molecular weight excluding hydrogens is 362 g/mol. The largest absolute Gasteiger partial charge is 0.310 e. The first-order valence-electron chi connectivity index (χ1n) is 10.2. The van der Waals surface area contributed by atoms with E-state index < -0.39 is 0 Å². The second-order valence-electron chi connectivity index (χ2n) is 7.62. The first-order valence-corrected chi connectivity index (χ1v) is 10.2. The number of aryl methyl sites for hydroxylation is 3. The Morgan fingerprint density at radius 3 is 1.67 bits per heavy atom. The van der Waals surface area contributed by atoms with Crippen LogP contribution in [0.3, 0.4) is 0 Å². The molecule has 0 aliphatic heterocycles. The maximum atomic E-state index is 3.26. The molecule has 0 spiro atoms. The smallest absolute Gasteiger partial charge is 0.0490 e. The van der Waals surface area contributed by atoms with Crippen molar-refractivity contribution in [3.8, 4) is 11.8 Å². The van der Waals surface area contributed by atoms with Crippen molar-refractivity contribution in [2.24, 2.45) is 0 Å². The highest BCUT2D eigenvalue weighted by atomic mass is 15.1. The first-order chi connectivity index (χ1) is 14.6. The SMILES string of the molecule is Cc1ccc(N(c2ccc(C#Cc3ccccc3)cc2)c2ccc(C)cc2C)cc1. The van der Waals surface area contributed by atoms with Gasteiger partial charge in [0.2, 0.25) is 0 Å². The van der Waals surface area contributed by atoms with Crippen LogP contribution in [0.1, 0.15) is 27.8 Å². The van der Waals surface area contributed by atoms with Gasteiger partial charge >= 0.3 is 0 Å². The van der Waals surface area contributed by atoms with E-state index >= 15 is 0 Å². The molecule has 30 heavy (non-hydrogen) atoms. The van der Waals surface area contributed by atoms with Gasteiger partial charge in [-0.25, -0.2) is 0 Å². The summed E-state index contributed by atoms with van der Waals surface area (Å²) in [5.74, 6) is 6.50. The van der Waals surface area contributed by atoms with Crippen LogP contribution >= 0.6 is 0 Å². The minimum atomic E-state index is 1.01. The van der Waals surface area contributed by atoms with Gasteiger partial charge in [-0.1, -0.05) is 65.4 Å². The van der Waals surface area contributed by atoms with Crippen LogP contribution in [0.25, 0.3) is 0 Å². The Morgan fingerprint density at radius 1 is 0.533 bits per heavy atom. The predicted molar refractivity (Wildman–Crippen MR) is 128 cm³/mol. The standard InChI is InChI=1S/C29H25N/c1-22-9-16-27(17-10-22)30(29-20-11-23(2)21-24(29)3)28-18-14-26(15-19-28)13-12-25-7-5-4-6-8-25/h4-11,14-21H,1-3H3. The van der Waals surface area contributed by atoms with E-state index in [4.69, 9.17) is 0 Å². The number of rotatable bonds is 3. The summed E-state index contributed by atoms with van der Waals surface area (Å²) in [4.78, 5) is 2.31. The van der Waals surface area contributed by atoms with Gasteiger partial charge in [0.15, 0.2) is 0 Å². The lowest BCUT2D eigenvalue weighted by Gasteiger charge is -2.27. The summed E-state index contributed by atoms with van der Waals surface area (Å²) in [7, 11) is 0. The van der Waals surface area contributed by atoms with Gasteiger partial charge in [-0.05, 0) is 80.9 Å². The van der Waals surface area contributed by atoms with E-state index in [1.54, 1.807) is 0 Å². The second-order valence-corrected chi connectivity index (χ2v) is 7.62. The third-order valence-corrected chi connectivity index (χ3v) is 5.14. The Balaban J connectivity index is 1.72. The number of nitrogens with zero attached hydrogens (tertiary/aromatic N) is 1. The normalized spacial score (nSPS) is 10.2. The van der Waals surface area contributed by atoms with Gasteiger partial charge in [-0.3, -0.25) is 0 Å². The van der Waals surface area contributed by atoms with E-state index in [0.29, 0.717) is 0 Å². The van der Waals surface area contributed by atoms with Crippen LogP contribution in [0.4, 0.5) is 17.1 Å². The zero-order valence-corrected chi connectivity index (χ0v) is 17.7. The molecule has 0 saturated heterocycles. The molecule has 1 heteroatoms. The number of hydrogen-bond acceptors (Lipinski definition) is 1. The Kier molecular flexibility index (Phi) is 5.68. The van der Waals surface area contributed by atoms with E-state index in [1.807, 2.05) is 30.3 Å². The van der Waals surface area contributed by atoms with Gasteiger partial charge < -0.3 is 4.90 Å². The number of hydrogen-bond donors (Lipinski definition) is 0. The van der Waals surface area contributed by atoms with Gasteiger partial charge in [0.25, 0.3) is 0 Å². The highest BCUT2D eigenvalue weighted by molar-refractivity contribution is 5.78. The molecule has 0 bridgehead atoms. The maximum Gasteiger partial charge on any atom is 0.0490 e. The lowest BCUT2D eigenvalue weighted by Crippen LogP contribution is -2.11. The molecule has 0 fully saturated rings. The lowest BCUT2D eigenvalue weighted by molar-refractivity contribution is 1.23. The second kappa shape index (κ2) is 8.72. The fraction of sp³-hybridized carbons (Fsp3) is 0.103. The van der Waals surface area contributed by atoms with Crippen LogP contribution in [0.15, 0.2) is 97.1 Å². The minimum absolute atomic E-state index is 1.01. The van der Waals surface area contributed by atoms with Gasteiger partial charge in [0, 0.05) is 28.2 Å². The van der Waals surface area contributed by atoms with E-state index in [1.165, 1.54) is 22.4 Å². The predicted octanol–water partition coefficient (Wildman–Crippen LogP) is 7.48. The molecule has 1 nitrogen and oxygen atoms in total. The molecule has 0 aliphatic carbocycles.